The minimum atomic E-state index is 0.518. The van der Waals surface area contributed by atoms with Gasteiger partial charge in [-0.3, -0.25) is 9.36 Å². The molecule has 136 valence electrons. The summed E-state index contributed by atoms with van der Waals surface area (Å²) in [5.41, 5.74) is 4.70. The van der Waals surface area contributed by atoms with E-state index in [1.165, 1.54) is 11.4 Å². The molecular formula is C18H24N8. The van der Waals surface area contributed by atoms with Crippen molar-refractivity contribution in [3.63, 3.8) is 0 Å². The van der Waals surface area contributed by atoms with Crippen molar-refractivity contribution < 1.29 is 0 Å². The Balaban J connectivity index is 1.68. The van der Waals surface area contributed by atoms with Crippen LogP contribution in [0.3, 0.4) is 0 Å². The summed E-state index contributed by atoms with van der Waals surface area (Å²) < 4.78 is 3.69. The van der Waals surface area contributed by atoms with Gasteiger partial charge < -0.3 is 9.80 Å². The summed E-state index contributed by atoms with van der Waals surface area (Å²) in [5, 5.41) is 16.2. The number of nitrogens with zero attached hydrogens (tertiary/aromatic N) is 8. The van der Waals surface area contributed by atoms with Crippen LogP contribution in [-0.4, -0.2) is 43.1 Å². The molecule has 1 aliphatic rings. The summed E-state index contributed by atoms with van der Waals surface area (Å²) in [5.74, 6) is 0.518. The van der Waals surface area contributed by atoms with Crippen molar-refractivity contribution >= 4 is 11.4 Å². The molecule has 4 rings (SSSR count). The number of benzene rings is 1. The first-order chi connectivity index (χ1) is 12.6. The molecule has 3 heterocycles. The van der Waals surface area contributed by atoms with Gasteiger partial charge in [-0.2, -0.15) is 0 Å². The molecule has 0 atom stereocenters. The number of anilines is 2. The minimum Gasteiger partial charge on any atom is -0.364 e. The van der Waals surface area contributed by atoms with E-state index in [-0.39, 0.29) is 0 Å². The van der Waals surface area contributed by atoms with Crippen LogP contribution >= 0.6 is 0 Å². The number of para-hydroxylation sites is 2. The largest absolute Gasteiger partial charge is 0.364 e. The molecule has 8 heteroatoms. The molecule has 0 fully saturated rings. The fourth-order valence-corrected chi connectivity index (χ4v) is 3.60. The van der Waals surface area contributed by atoms with Gasteiger partial charge in [-0.15, -0.1) is 10.2 Å². The third-order valence-corrected chi connectivity index (χ3v) is 4.95. The molecule has 0 amide bonds. The van der Waals surface area contributed by atoms with E-state index in [1.54, 1.807) is 0 Å². The monoisotopic (exact) mass is 352 g/mol. The molecule has 0 bridgehead atoms. The number of rotatable bonds is 4. The van der Waals surface area contributed by atoms with E-state index in [0.717, 1.165) is 37.6 Å². The molecule has 26 heavy (non-hydrogen) atoms. The van der Waals surface area contributed by atoms with Crippen molar-refractivity contribution in [2.24, 2.45) is 20.0 Å². The van der Waals surface area contributed by atoms with Crippen molar-refractivity contribution in [3.05, 3.63) is 48.0 Å². The van der Waals surface area contributed by atoms with Crippen LogP contribution in [0.5, 0.6) is 0 Å². The van der Waals surface area contributed by atoms with Crippen LogP contribution in [0.4, 0.5) is 11.4 Å². The summed E-state index contributed by atoms with van der Waals surface area (Å²) in [4.78, 5) is 4.86. The lowest BCUT2D eigenvalue weighted by atomic mass is 10.1. The molecular weight excluding hydrogens is 328 g/mol. The fourth-order valence-electron chi connectivity index (χ4n) is 3.60. The lowest BCUT2D eigenvalue weighted by Crippen LogP contribution is -2.31. The smallest absolute Gasteiger partial charge is 0.0777 e. The van der Waals surface area contributed by atoms with Gasteiger partial charge in [0.05, 0.1) is 48.2 Å². The molecule has 0 aliphatic carbocycles. The van der Waals surface area contributed by atoms with Crippen molar-refractivity contribution in [1.29, 1.82) is 0 Å². The average molecular weight is 352 g/mol. The molecule has 0 N–H and O–H groups in total. The number of aromatic nitrogens is 6. The molecule has 8 nitrogen and oxygen atoms in total. The van der Waals surface area contributed by atoms with Gasteiger partial charge in [0.1, 0.15) is 0 Å². The second-order valence-electron chi connectivity index (χ2n) is 7.05. The van der Waals surface area contributed by atoms with Gasteiger partial charge >= 0.3 is 0 Å². The first-order valence-corrected chi connectivity index (χ1v) is 8.88. The number of aryl methyl sites for hydroxylation is 2. The van der Waals surface area contributed by atoms with Gasteiger partial charge in [0.25, 0.3) is 0 Å². The highest BCUT2D eigenvalue weighted by atomic mass is 15.4. The maximum Gasteiger partial charge on any atom is 0.0777 e. The zero-order valence-electron chi connectivity index (χ0n) is 15.4. The normalized spacial score (nSPS) is 15.2. The summed E-state index contributed by atoms with van der Waals surface area (Å²) in [6.45, 7) is 5.87. The lowest BCUT2D eigenvalue weighted by molar-refractivity contribution is 0.542. The van der Waals surface area contributed by atoms with E-state index in [9.17, 15) is 0 Å². The number of hydrogen-bond acceptors (Lipinski definition) is 6. The van der Waals surface area contributed by atoms with Gasteiger partial charge in [-0.05, 0) is 18.1 Å². The Morgan fingerprint density at radius 2 is 1.31 bits per heavy atom. The zero-order valence-corrected chi connectivity index (χ0v) is 15.4. The first kappa shape index (κ1) is 16.6. The summed E-state index contributed by atoms with van der Waals surface area (Å²) >= 11 is 0. The molecule has 1 aromatic carbocycles. The highest BCUT2D eigenvalue weighted by Crippen LogP contribution is 2.35. The zero-order chi connectivity index (χ0) is 18.1. The maximum atomic E-state index is 4.07. The van der Waals surface area contributed by atoms with Crippen molar-refractivity contribution in [3.8, 4) is 0 Å². The lowest BCUT2D eigenvalue weighted by Gasteiger charge is -2.27. The Morgan fingerprint density at radius 1 is 0.846 bits per heavy atom. The van der Waals surface area contributed by atoms with E-state index >= 15 is 0 Å². The van der Waals surface area contributed by atoms with Crippen LogP contribution in [0.25, 0.3) is 0 Å². The third kappa shape index (κ3) is 3.14. The summed E-state index contributed by atoms with van der Waals surface area (Å²) in [7, 11) is 3.88. The topological polar surface area (TPSA) is 67.9 Å². The molecule has 3 aromatic rings. The van der Waals surface area contributed by atoms with E-state index in [4.69, 9.17) is 0 Å². The summed E-state index contributed by atoms with van der Waals surface area (Å²) in [6.07, 6.45) is 3.69. The predicted octanol–water partition coefficient (Wildman–Crippen LogP) is 1.61. The molecule has 0 unspecified atom stereocenters. The van der Waals surface area contributed by atoms with Crippen LogP contribution in [-0.2, 0) is 27.2 Å². The van der Waals surface area contributed by atoms with E-state index < -0.39 is 0 Å². The van der Waals surface area contributed by atoms with Crippen molar-refractivity contribution in [2.45, 2.75) is 20.0 Å². The minimum absolute atomic E-state index is 0.518. The van der Waals surface area contributed by atoms with E-state index in [1.807, 2.05) is 35.9 Å². The Bertz CT molecular complexity index is 811. The third-order valence-electron chi connectivity index (χ3n) is 4.95. The maximum absolute atomic E-state index is 4.07. The van der Waals surface area contributed by atoms with Gasteiger partial charge in [0.2, 0.25) is 0 Å². The van der Waals surface area contributed by atoms with Crippen molar-refractivity contribution in [1.82, 2.24) is 30.0 Å². The Morgan fingerprint density at radius 3 is 1.69 bits per heavy atom. The predicted molar refractivity (Wildman–Crippen MR) is 99.7 cm³/mol. The average Bonchev–Trinajstić information content (AvgIpc) is 3.18. The van der Waals surface area contributed by atoms with Gasteiger partial charge in [0, 0.05) is 27.2 Å². The van der Waals surface area contributed by atoms with Crippen LogP contribution in [0, 0.1) is 5.92 Å². The first-order valence-electron chi connectivity index (χ1n) is 8.88. The molecule has 0 saturated carbocycles. The highest BCUT2D eigenvalue weighted by Gasteiger charge is 2.25. The van der Waals surface area contributed by atoms with Crippen LogP contribution in [0.2, 0.25) is 0 Å². The Kier molecular flexibility index (Phi) is 4.32. The Labute approximate surface area is 153 Å². The second-order valence-corrected chi connectivity index (χ2v) is 7.05. The van der Waals surface area contributed by atoms with Gasteiger partial charge in [0.15, 0.2) is 0 Å². The number of fused-ring (bicyclic) bond motifs is 1. The molecule has 1 aliphatic heterocycles. The standard InChI is InChI=1S/C18H24N8/c1-14-10-25(12-15-8-19-21-23(15)2)17-6-4-5-7-18(17)26(11-14)13-16-9-20-22-24(16)3/h4-9,14H,10-13H2,1-3H3. The highest BCUT2D eigenvalue weighted by molar-refractivity contribution is 5.72. The SMILES string of the molecule is CC1CN(Cc2cnnn2C)c2ccccc2N(Cc2cnnn2C)C1. The van der Waals surface area contributed by atoms with E-state index in [2.05, 4.69) is 61.6 Å². The molecule has 0 radical (unpaired) electrons. The second kappa shape index (κ2) is 6.78. The molecule has 2 aromatic heterocycles. The van der Waals surface area contributed by atoms with E-state index in [0.29, 0.717) is 5.92 Å². The molecule has 0 spiro atoms. The van der Waals surface area contributed by atoms with Gasteiger partial charge in [-0.25, -0.2) is 0 Å². The summed E-state index contributed by atoms with van der Waals surface area (Å²) in [6, 6.07) is 8.61. The fraction of sp³-hybridized carbons (Fsp3) is 0.444. The van der Waals surface area contributed by atoms with Crippen molar-refractivity contribution in [2.75, 3.05) is 22.9 Å². The molecule has 0 saturated heterocycles. The van der Waals surface area contributed by atoms with Crippen LogP contribution < -0.4 is 9.80 Å². The van der Waals surface area contributed by atoms with Gasteiger partial charge in [-0.1, -0.05) is 29.5 Å². The van der Waals surface area contributed by atoms with Crippen LogP contribution in [0.1, 0.15) is 18.3 Å². The quantitative estimate of drug-likeness (QED) is 0.711. The Hall–Kier alpha value is -2.90. The number of hydrogen-bond donors (Lipinski definition) is 0. The van der Waals surface area contributed by atoms with Crippen LogP contribution in [0.15, 0.2) is 36.7 Å².